The Hall–Kier alpha value is -3.55. The maximum Gasteiger partial charge on any atom is 0.261 e. The van der Waals surface area contributed by atoms with E-state index in [4.69, 9.17) is 4.74 Å². The average molecular weight is 363 g/mol. The molecule has 0 radical (unpaired) electrons. The van der Waals surface area contributed by atoms with Crippen LogP contribution in [0.15, 0.2) is 54.9 Å². The fraction of sp³-hybridized carbons (Fsp3) is 0.211. The van der Waals surface area contributed by atoms with Crippen LogP contribution in [0.25, 0.3) is 5.69 Å². The number of aromatic nitrogens is 4. The predicted octanol–water partition coefficient (Wildman–Crippen LogP) is 2.12. The molecule has 1 aliphatic heterocycles. The van der Waals surface area contributed by atoms with Gasteiger partial charge in [-0.1, -0.05) is 12.1 Å². The first-order valence-electron chi connectivity index (χ1n) is 8.65. The van der Waals surface area contributed by atoms with Crippen molar-refractivity contribution >= 4 is 11.8 Å². The van der Waals surface area contributed by atoms with Gasteiger partial charge in [0.05, 0.1) is 23.4 Å². The molecule has 27 heavy (non-hydrogen) atoms. The minimum atomic E-state index is -0.213. The first-order valence-corrected chi connectivity index (χ1v) is 8.65. The van der Waals surface area contributed by atoms with Crippen LogP contribution < -0.4 is 4.74 Å². The van der Waals surface area contributed by atoms with Crippen LogP contribution in [0.2, 0.25) is 0 Å². The van der Waals surface area contributed by atoms with Crippen LogP contribution in [0, 0.1) is 0 Å². The molecule has 0 atom stereocenters. The van der Waals surface area contributed by atoms with Gasteiger partial charge in [-0.05, 0) is 59.7 Å². The fourth-order valence-electron chi connectivity index (χ4n) is 2.98. The van der Waals surface area contributed by atoms with Crippen LogP contribution in [0.1, 0.15) is 33.6 Å². The molecule has 1 aromatic heterocycles. The first kappa shape index (κ1) is 16.9. The van der Waals surface area contributed by atoms with Crippen LogP contribution >= 0.6 is 0 Å². The molecule has 136 valence electrons. The van der Waals surface area contributed by atoms with Gasteiger partial charge in [0.15, 0.2) is 0 Å². The molecule has 0 N–H and O–H groups in total. The van der Waals surface area contributed by atoms with E-state index in [-0.39, 0.29) is 11.8 Å². The SMILES string of the molecule is O=C1c2ccccc2C(=O)N1CCCCOc1ccc(-n2cnnn2)cc1. The van der Waals surface area contributed by atoms with Gasteiger partial charge >= 0.3 is 0 Å². The van der Waals surface area contributed by atoms with Gasteiger partial charge in [-0.2, -0.15) is 0 Å². The number of unbranched alkanes of at least 4 members (excludes halogenated alkanes) is 1. The smallest absolute Gasteiger partial charge is 0.261 e. The van der Waals surface area contributed by atoms with Crippen molar-refractivity contribution in [2.75, 3.05) is 13.2 Å². The minimum Gasteiger partial charge on any atom is -0.494 e. The summed E-state index contributed by atoms with van der Waals surface area (Å²) < 4.78 is 7.27. The Balaban J connectivity index is 1.23. The molecule has 0 fully saturated rings. The molecule has 4 rings (SSSR count). The lowest BCUT2D eigenvalue weighted by molar-refractivity contribution is 0.0649. The van der Waals surface area contributed by atoms with Crippen LogP contribution in [0.5, 0.6) is 5.75 Å². The molecule has 2 heterocycles. The highest BCUT2D eigenvalue weighted by atomic mass is 16.5. The summed E-state index contributed by atoms with van der Waals surface area (Å²) in [5.74, 6) is 0.317. The average Bonchev–Trinajstić information content (AvgIpc) is 3.32. The van der Waals surface area contributed by atoms with E-state index < -0.39 is 0 Å². The minimum absolute atomic E-state index is 0.213. The lowest BCUT2D eigenvalue weighted by Crippen LogP contribution is -2.30. The number of carbonyl (C=O) groups is 2. The molecule has 0 saturated carbocycles. The van der Waals surface area contributed by atoms with Gasteiger partial charge in [-0.3, -0.25) is 14.5 Å². The van der Waals surface area contributed by atoms with E-state index in [9.17, 15) is 9.59 Å². The lowest BCUT2D eigenvalue weighted by Gasteiger charge is -2.13. The monoisotopic (exact) mass is 363 g/mol. The van der Waals surface area contributed by atoms with Crippen LogP contribution in [0.4, 0.5) is 0 Å². The topological polar surface area (TPSA) is 90.2 Å². The van der Waals surface area contributed by atoms with Crippen LogP contribution in [0.3, 0.4) is 0 Å². The Bertz CT molecular complexity index is 919. The Morgan fingerprint density at radius 3 is 2.22 bits per heavy atom. The van der Waals surface area contributed by atoms with Gasteiger partial charge in [0.1, 0.15) is 12.1 Å². The van der Waals surface area contributed by atoms with E-state index in [1.165, 1.54) is 11.2 Å². The summed E-state index contributed by atoms with van der Waals surface area (Å²) >= 11 is 0. The number of imide groups is 1. The number of ether oxygens (including phenoxy) is 1. The summed E-state index contributed by atoms with van der Waals surface area (Å²) in [5, 5.41) is 11.0. The largest absolute Gasteiger partial charge is 0.494 e. The quantitative estimate of drug-likeness (QED) is 0.472. The number of amides is 2. The molecule has 0 aliphatic carbocycles. The molecular weight excluding hydrogens is 346 g/mol. The number of rotatable bonds is 7. The normalized spacial score (nSPS) is 13.1. The molecule has 0 spiro atoms. The van der Waals surface area contributed by atoms with Gasteiger partial charge in [0.2, 0.25) is 0 Å². The van der Waals surface area contributed by atoms with Crippen molar-refractivity contribution in [3.8, 4) is 11.4 Å². The molecule has 2 aromatic carbocycles. The van der Waals surface area contributed by atoms with Crippen molar-refractivity contribution in [2.45, 2.75) is 12.8 Å². The first-order chi connectivity index (χ1) is 13.2. The maximum absolute atomic E-state index is 12.3. The Labute approximate surface area is 155 Å². The number of hydrogen-bond acceptors (Lipinski definition) is 6. The Kier molecular flexibility index (Phi) is 4.61. The number of tetrazole rings is 1. The second-order valence-electron chi connectivity index (χ2n) is 6.11. The molecule has 8 nitrogen and oxygen atoms in total. The molecule has 1 aliphatic rings. The highest BCUT2D eigenvalue weighted by Gasteiger charge is 2.34. The second kappa shape index (κ2) is 7.36. The van der Waals surface area contributed by atoms with E-state index in [1.54, 1.807) is 28.9 Å². The van der Waals surface area contributed by atoms with Crippen molar-refractivity contribution < 1.29 is 14.3 Å². The van der Waals surface area contributed by atoms with Gasteiger partial charge in [-0.15, -0.1) is 5.10 Å². The number of benzene rings is 2. The number of fused-ring (bicyclic) bond motifs is 1. The van der Waals surface area contributed by atoms with Crippen molar-refractivity contribution in [1.82, 2.24) is 25.1 Å². The van der Waals surface area contributed by atoms with Gasteiger partial charge in [0, 0.05) is 6.54 Å². The van der Waals surface area contributed by atoms with Gasteiger partial charge in [0.25, 0.3) is 11.8 Å². The Morgan fingerprint density at radius 2 is 1.59 bits per heavy atom. The standard InChI is InChI=1S/C19H17N5O3/c25-18-16-5-1-2-6-17(16)19(26)23(18)11-3-4-12-27-15-9-7-14(8-10-15)24-13-20-21-22-24/h1-2,5-10,13H,3-4,11-12H2. The fourth-order valence-corrected chi connectivity index (χ4v) is 2.98. The predicted molar refractivity (Wildman–Crippen MR) is 95.7 cm³/mol. The molecular formula is C19H17N5O3. The van der Waals surface area contributed by atoms with E-state index >= 15 is 0 Å². The van der Waals surface area contributed by atoms with E-state index in [0.717, 1.165) is 17.9 Å². The summed E-state index contributed by atoms with van der Waals surface area (Å²) in [6.07, 6.45) is 2.95. The zero-order valence-corrected chi connectivity index (χ0v) is 14.5. The van der Waals surface area contributed by atoms with Crippen molar-refractivity contribution in [2.24, 2.45) is 0 Å². The zero-order chi connectivity index (χ0) is 18.6. The molecule has 3 aromatic rings. The lowest BCUT2D eigenvalue weighted by atomic mass is 10.1. The molecule has 2 amide bonds. The molecule has 8 heteroatoms. The van der Waals surface area contributed by atoms with E-state index in [0.29, 0.717) is 30.7 Å². The molecule has 0 unspecified atom stereocenters. The van der Waals surface area contributed by atoms with Crippen molar-refractivity contribution in [1.29, 1.82) is 0 Å². The van der Waals surface area contributed by atoms with E-state index in [2.05, 4.69) is 15.5 Å². The highest BCUT2D eigenvalue weighted by molar-refractivity contribution is 6.21. The Morgan fingerprint density at radius 1 is 0.889 bits per heavy atom. The zero-order valence-electron chi connectivity index (χ0n) is 14.5. The molecule has 0 bridgehead atoms. The number of carbonyl (C=O) groups excluding carboxylic acids is 2. The molecule has 0 saturated heterocycles. The number of hydrogen-bond donors (Lipinski definition) is 0. The second-order valence-corrected chi connectivity index (χ2v) is 6.11. The van der Waals surface area contributed by atoms with E-state index in [1.807, 2.05) is 24.3 Å². The summed E-state index contributed by atoms with van der Waals surface area (Å²) in [7, 11) is 0. The highest BCUT2D eigenvalue weighted by Crippen LogP contribution is 2.22. The van der Waals surface area contributed by atoms with Crippen molar-refractivity contribution in [3.63, 3.8) is 0 Å². The van der Waals surface area contributed by atoms with Crippen molar-refractivity contribution in [3.05, 3.63) is 66.0 Å². The summed E-state index contributed by atoms with van der Waals surface area (Å²) in [5.41, 5.74) is 1.82. The summed E-state index contributed by atoms with van der Waals surface area (Å²) in [4.78, 5) is 25.9. The third kappa shape index (κ3) is 3.41. The van der Waals surface area contributed by atoms with Crippen LogP contribution in [-0.4, -0.2) is 50.1 Å². The summed E-state index contributed by atoms with van der Waals surface area (Å²) in [6, 6.07) is 14.4. The summed E-state index contributed by atoms with van der Waals surface area (Å²) in [6.45, 7) is 0.904. The van der Waals surface area contributed by atoms with Gasteiger partial charge < -0.3 is 4.74 Å². The maximum atomic E-state index is 12.3. The third-order valence-electron chi connectivity index (χ3n) is 4.37. The third-order valence-corrected chi connectivity index (χ3v) is 4.37. The number of nitrogens with zero attached hydrogens (tertiary/aromatic N) is 5. The van der Waals surface area contributed by atoms with Crippen LogP contribution in [-0.2, 0) is 0 Å². The van der Waals surface area contributed by atoms with Gasteiger partial charge in [-0.25, -0.2) is 4.68 Å².